The van der Waals surface area contributed by atoms with Crippen LogP contribution in [0.4, 0.5) is 19.0 Å². The van der Waals surface area contributed by atoms with Gasteiger partial charge in [0.05, 0.1) is 5.92 Å². The zero-order chi connectivity index (χ0) is 21.3. The van der Waals surface area contributed by atoms with Crippen LogP contribution in [0, 0.1) is 5.92 Å². The summed E-state index contributed by atoms with van der Waals surface area (Å²) in [5.74, 6) is -1.26. The summed E-state index contributed by atoms with van der Waals surface area (Å²) >= 11 is 6.12. The molecule has 2 aromatic heterocycles. The summed E-state index contributed by atoms with van der Waals surface area (Å²) in [6.45, 7) is 1.27. The van der Waals surface area contributed by atoms with Crippen molar-refractivity contribution in [3.05, 3.63) is 52.8 Å². The number of aromatic nitrogens is 4. The van der Waals surface area contributed by atoms with Crippen LogP contribution in [0.2, 0.25) is 5.02 Å². The molecule has 1 aromatic carbocycles. The van der Waals surface area contributed by atoms with Crippen LogP contribution in [0.5, 0.6) is 0 Å². The van der Waals surface area contributed by atoms with E-state index in [0.29, 0.717) is 41.4 Å². The van der Waals surface area contributed by atoms with Gasteiger partial charge in [-0.25, -0.2) is 0 Å². The lowest BCUT2D eigenvalue weighted by Gasteiger charge is -2.32. The van der Waals surface area contributed by atoms with E-state index in [0.717, 1.165) is 12.0 Å². The molecule has 1 N–H and O–H groups in total. The topological polar surface area (TPSA) is 75.4 Å². The highest BCUT2D eigenvalue weighted by molar-refractivity contribution is 6.31. The normalized spacial score (nSPS) is 17.3. The van der Waals surface area contributed by atoms with E-state index in [4.69, 9.17) is 11.6 Å². The molecule has 4 rings (SSSR count). The molecule has 0 bridgehead atoms. The molecule has 0 aliphatic carbocycles. The number of carbonyl (C=O) groups is 1. The Labute approximate surface area is 174 Å². The van der Waals surface area contributed by atoms with Crippen molar-refractivity contribution < 1.29 is 18.0 Å². The minimum Gasteiger partial charge on any atom is -0.354 e. The first-order valence-electron chi connectivity index (χ1n) is 9.38. The molecule has 1 fully saturated rings. The maximum absolute atomic E-state index is 13.1. The molecule has 0 unspecified atom stereocenters. The van der Waals surface area contributed by atoms with Crippen LogP contribution in [0.1, 0.15) is 24.2 Å². The summed E-state index contributed by atoms with van der Waals surface area (Å²) < 4.78 is 40.0. The quantitative estimate of drug-likeness (QED) is 0.676. The van der Waals surface area contributed by atoms with Gasteiger partial charge >= 0.3 is 6.18 Å². The number of amides is 1. The second-order valence-corrected chi connectivity index (χ2v) is 7.48. The summed E-state index contributed by atoms with van der Waals surface area (Å²) in [6.07, 6.45) is -3.25. The van der Waals surface area contributed by atoms with Gasteiger partial charge in [0.25, 0.3) is 5.82 Å². The van der Waals surface area contributed by atoms with E-state index >= 15 is 0 Å². The number of nitrogens with one attached hydrogen (secondary N) is 1. The molecule has 1 amide bonds. The Bertz CT molecular complexity index is 1070. The standard InChI is InChI=1S/C19H18ClF3N6O/c20-14-6-2-1-4-12(14)10-24-17(30)13-5-3-9-28(11-13)16-8-7-15-25-26-18(19(21,22)23)29(15)27-16/h1-2,4,6-8,13H,3,5,9-11H2,(H,24,30)/t13-/m1/s1. The van der Waals surface area contributed by atoms with Gasteiger partial charge in [0.15, 0.2) is 5.65 Å². The first-order valence-corrected chi connectivity index (χ1v) is 9.76. The maximum atomic E-state index is 13.1. The molecule has 1 aliphatic heterocycles. The SMILES string of the molecule is O=C(NCc1ccccc1Cl)[C@@H]1CCCN(c2ccc3nnc(C(F)(F)F)n3n2)C1. The van der Waals surface area contributed by atoms with E-state index in [2.05, 4.69) is 20.6 Å². The molecule has 0 saturated carbocycles. The molecule has 3 heterocycles. The van der Waals surface area contributed by atoms with Gasteiger partial charge in [-0.1, -0.05) is 29.8 Å². The number of hydrogen-bond acceptors (Lipinski definition) is 5. The van der Waals surface area contributed by atoms with E-state index in [1.54, 1.807) is 12.1 Å². The third kappa shape index (κ3) is 4.18. The lowest BCUT2D eigenvalue weighted by molar-refractivity contribution is -0.146. The van der Waals surface area contributed by atoms with Gasteiger partial charge < -0.3 is 10.2 Å². The van der Waals surface area contributed by atoms with E-state index in [-0.39, 0.29) is 17.5 Å². The molecule has 0 spiro atoms. The highest BCUT2D eigenvalue weighted by Crippen LogP contribution is 2.28. The van der Waals surface area contributed by atoms with E-state index in [1.807, 2.05) is 23.1 Å². The van der Waals surface area contributed by atoms with Crippen LogP contribution in [-0.4, -0.2) is 38.8 Å². The Kier molecular flexibility index (Phi) is 5.50. The van der Waals surface area contributed by atoms with Crippen molar-refractivity contribution in [1.82, 2.24) is 25.1 Å². The van der Waals surface area contributed by atoms with E-state index < -0.39 is 12.0 Å². The minimum absolute atomic E-state index is 0.0112. The monoisotopic (exact) mass is 438 g/mol. The van der Waals surface area contributed by atoms with Crippen molar-refractivity contribution in [3.63, 3.8) is 0 Å². The summed E-state index contributed by atoms with van der Waals surface area (Å²) in [5.41, 5.74) is 0.830. The third-order valence-electron chi connectivity index (χ3n) is 5.03. The van der Waals surface area contributed by atoms with Crippen LogP contribution in [0.25, 0.3) is 5.65 Å². The number of rotatable bonds is 4. The summed E-state index contributed by atoms with van der Waals surface area (Å²) in [4.78, 5) is 14.4. The number of alkyl halides is 3. The maximum Gasteiger partial charge on any atom is 0.453 e. The van der Waals surface area contributed by atoms with Crippen molar-refractivity contribution in [3.8, 4) is 0 Å². The highest BCUT2D eigenvalue weighted by Gasteiger charge is 2.38. The number of hydrogen-bond donors (Lipinski definition) is 1. The van der Waals surface area contributed by atoms with Gasteiger partial charge in [0, 0.05) is 24.7 Å². The number of fused-ring (bicyclic) bond motifs is 1. The fourth-order valence-electron chi connectivity index (χ4n) is 3.49. The number of benzene rings is 1. The number of halogens is 4. The Balaban J connectivity index is 1.47. The fourth-order valence-corrected chi connectivity index (χ4v) is 3.69. The van der Waals surface area contributed by atoms with Crippen molar-refractivity contribution in [2.24, 2.45) is 5.92 Å². The Hall–Kier alpha value is -2.88. The van der Waals surface area contributed by atoms with Gasteiger partial charge in [-0.2, -0.15) is 17.7 Å². The van der Waals surface area contributed by atoms with Gasteiger partial charge in [0.2, 0.25) is 5.91 Å². The number of piperidine rings is 1. The first kappa shape index (κ1) is 20.4. The van der Waals surface area contributed by atoms with E-state index in [9.17, 15) is 18.0 Å². The number of anilines is 1. The molecule has 7 nitrogen and oxygen atoms in total. The molecule has 11 heteroatoms. The predicted molar refractivity (Wildman–Crippen MR) is 104 cm³/mol. The Morgan fingerprint density at radius 2 is 2.00 bits per heavy atom. The van der Waals surface area contributed by atoms with Crippen molar-refractivity contribution in [2.75, 3.05) is 18.0 Å². The fraction of sp³-hybridized carbons (Fsp3) is 0.368. The van der Waals surface area contributed by atoms with Gasteiger partial charge in [0.1, 0.15) is 5.82 Å². The lowest BCUT2D eigenvalue weighted by atomic mass is 9.97. The molecular weight excluding hydrogens is 421 g/mol. The summed E-state index contributed by atoms with van der Waals surface area (Å²) in [6, 6.07) is 10.3. The van der Waals surface area contributed by atoms with Crippen molar-refractivity contribution >= 4 is 29.0 Å². The van der Waals surface area contributed by atoms with Crippen LogP contribution in [0.15, 0.2) is 36.4 Å². The second-order valence-electron chi connectivity index (χ2n) is 7.08. The molecule has 0 radical (unpaired) electrons. The molecule has 1 saturated heterocycles. The minimum atomic E-state index is -4.66. The van der Waals surface area contributed by atoms with Gasteiger partial charge in [-0.15, -0.1) is 15.3 Å². The smallest absolute Gasteiger partial charge is 0.354 e. The third-order valence-corrected chi connectivity index (χ3v) is 5.40. The lowest BCUT2D eigenvalue weighted by Crippen LogP contribution is -2.43. The summed E-state index contributed by atoms with van der Waals surface area (Å²) in [7, 11) is 0. The molecular formula is C19H18ClF3N6O. The molecule has 1 aliphatic rings. The predicted octanol–water partition coefficient (Wildman–Crippen LogP) is 3.33. The van der Waals surface area contributed by atoms with E-state index in [1.165, 1.54) is 6.07 Å². The first-order chi connectivity index (χ1) is 14.3. The van der Waals surface area contributed by atoms with Crippen LogP contribution < -0.4 is 10.2 Å². The number of carbonyl (C=O) groups excluding carboxylic acids is 1. The second kappa shape index (κ2) is 8.10. The van der Waals surface area contributed by atoms with Gasteiger partial charge in [-0.3, -0.25) is 4.79 Å². The zero-order valence-electron chi connectivity index (χ0n) is 15.7. The Morgan fingerprint density at radius 3 is 2.77 bits per heavy atom. The average Bonchev–Trinajstić information content (AvgIpc) is 3.17. The Morgan fingerprint density at radius 1 is 1.20 bits per heavy atom. The van der Waals surface area contributed by atoms with Crippen LogP contribution in [0.3, 0.4) is 0 Å². The molecule has 158 valence electrons. The molecule has 30 heavy (non-hydrogen) atoms. The molecule has 1 atom stereocenters. The average molecular weight is 439 g/mol. The van der Waals surface area contributed by atoms with Crippen molar-refractivity contribution in [1.29, 1.82) is 0 Å². The number of nitrogens with zero attached hydrogens (tertiary/aromatic N) is 5. The van der Waals surface area contributed by atoms with Crippen molar-refractivity contribution in [2.45, 2.75) is 25.6 Å². The largest absolute Gasteiger partial charge is 0.453 e. The molecule has 3 aromatic rings. The van der Waals surface area contributed by atoms with Crippen LogP contribution >= 0.6 is 11.6 Å². The zero-order valence-corrected chi connectivity index (χ0v) is 16.5. The van der Waals surface area contributed by atoms with Gasteiger partial charge in [-0.05, 0) is 36.6 Å². The van der Waals surface area contributed by atoms with Crippen LogP contribution in [-0.2, 0) is 17.5 Å². The summed E-state index contributed by atoms with van der Waals surface area (Å²) in [5, 5.41) is 14.2. The highest BCUT2D eigenvalue weighted by atomic mass is 35.5.